The van der Waals surface area contributed by atoms with E-state index in [0.717, 1.165) is 50.1 Å². The number of amides is 1. The molecule has 0 unspecified atom stereocenters. The fraction of sp³-hybridized carbons (Fsp3) is 0.300. The van der Waals surface area contributed by atoms with Gasteiger partial charge < -0.3 is 15.0 Å². The molecule has 0 spiro atoms. The van der Waals surface area contributed by atoms with Gasteiger partial charge in [-0.25, -0.2) is 0 Å². The Bertz CT molecular complexity index is 1190. The molecule has 1 amide bonds. The van der Waals surface area contributed by atoms with E-state index in [4.69, 9.17) is 27.9 Å². The van der Waals surface area contributed by atoms with Crippen LogP contribution in [0.25, 0.3) is 0 Å². The highest BCUT2D eigenvalue weighted by molar-refractivity contribution is 6.42. The lowest BCUT2D eigenvalue weighted by Gasteiger charge is -2.33. The van der Waals surface area contributed by atoms with Crippen molar-refractivity contribution in [3.63, 3.8) is 0 Å². The Balaban J connectivity index is 1.34. The van der Waals surface area contributed by atoms with Crippen molar-refractivity contribution in [3.05, 3.63) is 106 Å². The summed E-state index contributed by atoms with van der Waals surface area (Å²) in [5, 5.41) is 3.90. The van der Waals surface area contributed by atoms with Crippen LogP contribution < -0.4 is 10.1 Å². The summed E-state index contributed by atoms with van der Waals surface area (Å²) in [4.78, 5) is 14.5. The first-order valence-corrected chi connectivity index (χ1v) is 12.9. The number of hydrogen-bond acceptors (Lipinski definition) is 3. The third kappa shape index (κ3) is 7.04. The maximum absolute atomic E-state index is 12.0. The predicted octanol–water partition coefficient (Wildman–Crippen LogP) is 7.50. The second-order valence-corrected chi connectivity index (χ2v) is 10.0. The van der Waals surface area contributed by atoms with Crippen molar-refractivity contribution in [2.24, 2.45) is 0 Å². The standard InChI is InChI=1S/C30H30Cl2N2O2/c1-21(2)30(35)33-25-10-6-9-24(19-25)22-13-16-34(17-14-22)18-15-29(23-7-4-3-5-8-23)36-26-11-12-27(31)28(32)20-26/h3-4,6-7,9-12,19-20,22,29H,1,13-18H2,2H3,(H,33,35)/t29-/m1/s1. The Labute approximate surface area is 223 Å². The van der Waals surface area contributed by atoms with Gasteiger partial charge in [-0.15, -0.1) is 0 Å². The van der Waals surface area contributed by atoms with E-state index in [0.29, 0.717) is 27.3 Å². The summed E-state index contributed by atoms with van der Waals surface area (Å²) in [6, 6.07) is 25.6. The number of ether oxygens (including phenoxy) is 1. The molecule has 1 saturated heterocycles. The van der Waals surface area contributed by atoms with Crippen LogP contribution in [-0.4, -0.2) is 30.4 Å². The molecule has 0 aliphatic carbocycles. The van der Waals surface area contributed by atoms with Gasteiger partial charge in [0.25, 0.3) is 5.91 Å². The highest BCUT2D eigenvalue weighted by Gasteiger charge is 2.23. The molecule has 1 aliphatic rings. The number of piperidine rings is 1. The van der Waals surface area contributed by atoms with Crippen molar-refractivity contribution < 1.29 is 9.53 Å². The SMILES string of the molecule is C=C(C)C(=O)Nc1cccc(C2CCN(CC[C@@H](Oc3ccc(Cl)c(Cl)c3)c3c#cccc3)CC2)c1. The Morgan fingerprint density at radius 1 is 1.14 bits per heavy atom. The molecule has 4 nitrogen and oxygen atoms in total. The fourth-order valence-corrected chi connectivity index (χ4v) is 4.73. The predicted molar refractivity (Wildman–Crippen MR) is 147 cm³/mol. The summed E-state index contributed by atoms with van der Waals surface area (Å²) < 4.78 is 6.32. The number of likely N-dealkylation sites (tertiary alicyclic amines) is 1. The highest BCUT2D eigenvalue weighted by Crippen LogP contribution is 2.32. The molecule has 4 rings (SSSR count). The lowest BCUT2D eigenvalue weighted by molar-refractivity contribution is -0.112. The Morgan fingerprint density at radius 2 is 1.94 bits per heavy atom. The number of carbonyl (C=O) groups is 1. The van der Waals surface area contributed by atoms with Crippen LogP contribution in [0.3, 0.4) is 0 Å². The summed E-state index contributed by atoms with van der Waals surface area (Å²) in [6.45, 7) is 8.36. The first-order chi connectivity index (χ1) is 17.4. The molecule has 0 aromatic heterocycles. The summed E-state index contributed by atoms with van der Waals surface area (Å²) in [5.41, 5.74) is 3.55. The number of halogens is 2. The molecule has 1 heterocycles. The van der Waals surface area contributed by atoms with Crippen LogP contribution in [0.4, 0.5) is 5.69 Å². The number of nitrogens with zero attached hydrogens (tertiary/aromatic N) is 1. The Morgan fingerprint density at radius 3 is 2.64 bits per heavy atom. The van der Waals surface area contributed by atoms with E-state index >= 15 is 0 Å². The van der Waals surface area contributed by atoms with Crippen molar-refractivity contribution in [1.82, 2.24) is 4.90 Å². The van der Waals surface area contributed by atoms with Gasteiger partial charge in [0.15, 0.2) is 0 Å². The van der Waals surface area contributed by atoms with Crippen LogP contribution in [0.5, 0.6) is 5.75 Å². The summed E-state index contributed by atoms with van der Waals surface area (Å²) >= 11 is 12.3. The normalized spacial score (nSPS) is 15.1. The van der Waals surface area contributed by atoms with Gasteiger partial charge >= 0.3 is 0 Å². The minimum Gasteiger partial charge on any atom is -0.485 e. The number of benzene rings is 2. The third-order valence-corrected chi connectivity index (χ3v) is 7.23. The molecule has 1 N–H and O–H groups in total. The molecule has 0 radical (unpaired) electrons. The van der Waals surface area contributed by atoms with E-state index in [1.807, 2.05) is 36.4 Å². The van der Waals surface area contributed by atoms with Crippen molar-refractivity contribution in [2.45, 2.75) is 38.2 Å². The lowest BCUT2D eigenvalue weighted by atomic mass is 9.89. The zero-order valence-corrected chi connectivity index (χ0v) is 21.9. The zero-order chi connectivity index (χ0) is 25.5. The smallest absolute Gasteiger partial charge is 0.250 e. The fourth-order valence-electron chi connectivity index (χ4n) is 4.44. The lowest BCUT2D eigenvalue weighted by Crippen LogP contribution is -2.34. The molecule has 3 aromatic carbocycles. The summed E-state index contributed by atoms with van der Waals surface area (Å²) in [7, 11) is 0. The van der Waals surface area contributed by atoms with E-state index in [1.54, 1.807) is 19.1 Å². The zero-order valence-electron chi connectivity index (χ0n) is 20.4. The molecule has 0 bridgehead atoms. The molecular formula is C30H30Cl2N2O2. The van der Waals surface area contributed by atoms with Gasteiger partial charge in [-0.1, -0.05) is 60.1 Å². The number of anilines is 1. The van der Waals surface area contributed by atoms with E-state index in [1.165, 1.54) is 5.56 Å². The minimum atomic E-state index is -0.161. The second-order valence-electron chi connectivity index (χ2n) is 9.20. The second kappa shape index (κ2) is 12.3. The Kier molecular flexibility index (Phi) is 8.93. The minimum absolute atomic E-state index is 0.145. The maximum atomic E-state index is 12.0. The van der Waals surface area contributed by atoms with Gasteiger partial charge in [0.05, 0.1) is 10.0 Å². The average molecular weight is 521 g/mol. The molecule has 186 valence electrons. The van der Waals surface area contributed by atoms with Crippen LogP contribution in [0.2, 0.25) is 10.0 Å². The largest absolute Gasteiger partial charge is 0.485 e. The number of nitrogens with one attached hydrogen (secondary N) is 1. The molecule has 36 heavy (non-hydrogen) atoms. The number of hydrogen-bond donors (Lipinski definition) is 1. The van der Waals surface area contributed by atoms with Crippen LogP contribution >= 0.6 is 23.2 Å². The summed E-state index contributed by atoms with van der Waals surface area (Å²) in [5.74, 6) is 1.01. The number of carbonyl (C=O) groups excluding carboxylic acids is 1. The van der Waals surface area contributed by atoms with Crippen LogP contribution in [0.15, 0.2) is 72.8 Å². The quantitative estimate of drug-likeness (QED) is 0.297. The molecule has 6 heteroatoms. The maximum Gasteiger partial charge on any atom is 0.250 e. The molecule has 3 aromatic rings. The molecule has 1 fully saturated rings. The van der Waals surface area contributed by atoms with Crippen LogP contribution in [0, 0.1) is 12.1 Å². The van der Waals surface area contributed by atoms with Gasteiger partial charge in [-0.05, 0) is 80.7 Å². The van der Waals surface area contributed by atoms with Gasteiger partial charge in [0.2, 0.25) is 0 Å². The van der Waals surface area contributed by atoms with Gasteiger partial charge in [-0.2, -0.15) is 0 Å². The summed E-state index contributed by atoms with van der Waals surface area (Å²) in [6.07, 6.45) is 2.80. The van der Waals surface area contributed by atoms with E-state index in [2.05, 4.69) is 41.1 Å². The molecule has 1 aliphatic heterocycles. The van der Waals surface area contributed by atoms with Gasteiger partial charge in [0, 0.05) is 35.9 Å². The van der Waals surface area contributed by atoms with Crippen LogP contribution in [-0.2, 0) is 4.79 Å². The molecule has 0 saturated carbocycles. The van der Waals surface area contributed by atoms with Crippen molar-refractivity contribution in [3.8, 4) is 5.75 Å². The first-order valence-electron chi connectivity index (χ1n) is 12.2. The van der Waals surface area contributed by atoms with Crippen molar-refractivity contribution >= 4 is 34.8 Å². The highest BCUT2D eigenvalue weighted by atomic mass is 35.5. The first kappa shape index (κ1) is 26.1. The van der Waals surface area contributed by atoms with Crippen molar-refractivity contribution in [2.75, 3.05) is 25.0 Å². The van der Waals surface area contributed by atoms with E-state index < -0.39 is 0 Å². The van der Waals surface area contributed by atoms with E-state index in [-0.39, 0.29) is 12.0 Å². The van der Waals surface area contributed by atoms with E-state index in [9.17, 15) is 4.79 Å². The van der Waals surface area contributed by atoms with Crippen molar-refractivity contribution in [1.29, 1.82) is 0 Å². The van der Waals surface area contributed by atoms with Gasteiger partial charge in [-0.3, -0.25) is 4.79 Å². The monoisotopic (exact) mass is 520 g/mol. The number of rotatable bonds is 9. The molecular weight excluding hydrogens is 491 g/mol. The van der Waals surface area contributed by atoms with Crippen LogP contribution in [0.1, 0.15) is 49.3 Å². The average Bonchev–Trinajstić information content (AvgIpc) is 2.89. The third-order valence-electron chi connectivity index (χ3n) is 6.49. The Hall–Kier alpha value is -2.97. The topological polar surface area (TPSA) is 41.6 Å². The molecule has 1 atom stereocenters. The van der Waals surface area contributed by atoms with Gasteiger partial charge in [0.1, 0.15) is 11.9 Å².